The van der Waals surface area contributed by atoms with E-state index in [9.17, 15) is 0 Å². The van der Waals surface area contributed by atoms with Crippen LogP contribution in [0.1, 0.15) is 11.4 Å². The molecular formula is C11H16N4S2. The van der Waals surface area contributed by atoms with Gasteiger partial charge in [0.2, 0.25) is 0 Å². The highest BCUT2D eigenvalue weighted by Crippen LogP contribution is 2.18. The van der Waals surface area contributed by atoms with Crippen LogP contribution in [0.5, 0.6) is 0 Å². The van der Waals surface area contributed by atoms with Crippen molar-refractivity contribution in [3.05, 3.63) is 28.2 Å². The van der Waals surface area contributed by atoms with Gasteiger partial charge in [0.05, 0.1) is 0 Å². The normalized spacial score (nSPS) is 10.9. The van der Waals surface area contributed by atoms with Crippen LogP contribution in [0, 0.1) is 6.92 Å². The number of hydrogen-bond donors (Lipinski definition) is 1. The Labute approximate surface area is 109 Å². The van der Waals surface area contributed by atoms with Gasteiger partial charge in [0.15, 0.2) is 5.16 Å². The van der Waals surface area contributed by atoms with Crippen LogP contribution in [0.4, 0.5) is 0 Å². The first kappa shape index (κ1) is 12.6. The molecule has 92 valence electrons. The molecule has 0 aliphatic carbocycles. The quantitative estimate of drug-likeness (QED) is 0.814. The predicted molar refractivity (Wildman–Crippen MR) is 72.6 cm³/mol. The molecule has 2 rings (SSSR count). The second-order valence-corrected chi connectivity index (χ2v) is 5.54. The molecule has 0 aliphatic rings. The zero-order valence-electron chi connectivity index (χ0n) is 9.80. The van der Waals surface area contributed by atoms with E-state index in [-0.39, 0.29) is 0 Å². The van der Waals surface area contributed by atoms with Crippen molar-refractivity contribution in [2.45, 2.75) is 25.0 Å². The van der Waals surface area contributed by atoms with Crippen molar-refractivity contribution >= 4 is 23.1 Å². The first-order valence-electron chi connectivity index (χ1n) is 5.55. The van der Waals surface area contributed by atoms with E-state index < -0.39 is 0 Å². The Morgan fingerprint density at radius 3 is 3.06 bits per heavy atom. The molecule has 0 fully saturated rings. The molecule has 0 unspecified atom stereocenters. The third-order valence-corrected chi connectivity index (χ3v) is 4.16. The van der Waals surface area contributed by atoms with Gasteiger partial charge >= 0.3 is 0 Å². The molecule has 0 radical (unpaired) electrons. The number of aryl methyl sites for hydroxylation is 2. The van der Waals surface area contributed by atoms with Gasteiger partial charge in [0, 0.05) is 18.8 Å². The van der Waals surface area contributed by atoms with Crippen molar-refractivity contribution in [1.82, 2.24) is 14.8 Å². The maximum atomic E-state index is 5.58. The minimum atomic E-state index is 0.622. The van der Waals surface area contributed by atoms with Crippen molar-refractivity contribution in [2.75, 3.05) is 12.3 Å². The lowest BCUT2D eigenvalue weighted by molar-refractivity contribution is 0.627. The molecule has 2 aromatic heterocycles. The fourth-order valence-electron chi connectivity index (χ4n) is 1.55. The smallest absolute Gasteiger partial charge is 0.191 e. The van der Waals surface area contributed by atoms with E-state index in [0.717, 1.165) is 29.7 Å². The highest BCUT2D eigenvalue weighted by Gasteiger charge is 2.08. The molecule has 0 saturated heterocycles. The molecule has 0 spiro atoms. The standard InChI is InChI=1S/C11H16N4S2/c1-9-13-14-11(15(9)5-4-12)17-7-3-10-2-6-16-8-10/h2,6,8H,3-5,7,12H2,1H3. The van der Waals surface area contributed by atoms with E-state index in [2.05, 4.69) is 31.6 Å². The summed E-state index contributed by atoms with van der Waals surface area (Å²) in [6, 6.07) is 2.17. The number of aromatic nitrogens is 3. The lowest BCUT2D eigenvalue weighted by Gasteiger charge is -2.05. The van der Waals surface area contributed by atoms with Crippen LogP contribution in [0.25, 0.3) is 0 Å². The van der Waals surface area contributed by atoms with Gasteiger partial charge in [0.1, 0.15) is 5.82 Å². The number of thioether (sulfide) groups is 1. The SMILES string of the molecule is Cc1nnc(SCCc2ccsc2)n1CCN. The third kappa shape index (κ3) is 3.31. The van der Waals surface area contributed by atoms with Gasteiger partial charge in [-0.1, -0.05) is 11.8 Å². The van der Waals surface area contributed by atoms with E-state index in [1.165, 1.54) is 5.56 Å². The first-order valence-corrected chi connectivity index (χ1v) is 7.48. The molecule has 0 aliphatic heterocycles. The van der Waals surface area contributed by atoms with Crippen LogP contribution < -0.4 is 5.73 Å². The molecule has 2 heterocycles. The summed E-state index contributed by atoms with van der Waals surface area (Å²) in [5, 5.41) is 13.5. The lowest BCUT2D eigenvalue weighted by atomic mass is 10.3. The highest BCUT2D eigenvalue weighted by atomic mass is 32.2. The van der Waals surface area contributed by atoms with E-state index in [1.807, 2.05) is 6.92 Å². The zero-order chi connectivity index (χ0) is 12.1. The molecule has 4 nitrogen and oxygen atoms in total. The number of nitrogens with zero attached hydrogens (tertiary/aromatic N) is 3. The molecule has 0 bridgehead atoms. The fourth-order valence-corrected chi connectivity index (χ4v) is 3.25. The van der Waals surface area contributed by atoms with Crippen LogP contribution in [0.15, 0.2) is 22.0 Å². The molecular weight excluding hydrogens is 252 g/mol. The van der Waals surface area contributed by atoms with Gasteiger partial charge in [0.25, 0.3) is 0 Å². The Bertz CT molecular complexity index is 450. The number of nitrogens with two attached hydrogens (primary N) is 1. The second kappa shape index (κ2) is 6.18. The van der Waals surface area contributed by atoms with Gasteiger partial charge in [-0.2, -0.15) is 11.3 Å². The van der Waals surface area contributed by atoms with E-state index in [4.69, 9.17) is 5.73 Å². The third-order valence-electron chi connectivity index (χ3n) is 2.46. The van der Waals surface area contributed by atoms with Gasteiger partial charge < -0.3 is 10.3 Å². The minimum Gasteiger partial charge on any atom is -0.329 e. The van der Waals surface area contributed by atoms with Crippen molar-refractivity contribution < 1.29 is 0 Å². The van der Waals surface area contributed by atoms with Gasteiger partial charge in [-0.3, -0.25) is 0 Å². The monoisotopic (exact) mass is 268 g/mol. The number of rotatable bonds is 6. The van der Waals surface area contributed by atoms with Crippen LogP contribution in [0.3, 0.4) is 0 Å². The topological polar surface area (TPSA) is 56.7 Å². The first-order chi connectivity index (χ1) is 8.31. The van der Waals surface area contributed by atoms with E-state index >= 15 is 0 Å². The fraction of sp³-hybridized carbons (Fsp3) is 0.455. The van der Waals surface area contributed by atoms with E-state index in [0.29, 0.717) is 6.54 Å². The summed E-state index contributed by atoms with van der Waals surface area (Å²) in [6.45, 7) is 3.38. The second-order valence-electron chi connectivity index (χ2n) is 3.70. The van der Waals surface area contributed by atoms with Crippen LogP contribution >= 0.6 is 23.1 Å². The molecule has 17 heavy (non-hydrogen) atoms. The molecule has 2 aromatic rings. The largest absolute Gasteiger partial charge is 0.329 e. The summed E-state index contributed by atoms with van der Waals surface area (Å²) in [4.78, 5) is 0. The Kier molecular flexibility index (Phi) is 4.58. The Morgan fingerprint density at radius 2 is 2.35 bits per heavy atom. The van der Waals surface area contributed by atoms with Crippen LogP contribution in [-0.4, -0.2) is 27.1 Å². The average Bonchev–Trinajstić information content (AvgIpc) is 2.93. The molecule has 2 N–H and O–H groups in total. The average molecular weight is 268 g/mol. The maximum Gasteiger partial charge on any atom is 0.191 e. The lowest BCUT2D eigenvalue weighted by Crippen LogP contribution is -2.12. The summed E-state index contributed by atoms with van der Waals surface area (Å²) in [6.07, 6.45) is 1.07. The summed E-state index contributed by atoms with van der Waals surface area (Å²) in [5.74, 6) is 1.97. The van der Waals surface area contributed by atoms with Crippen LogP contribution in [0.2, 0.25) is 0 Å². The molecule has 0 aromatic carbocycles. The number of thiophene rings is 1. The Hall–Kier alpha value is -0.850. The molecule has 6 heteroatoms. The minimum absolute atomic E-state index is 0.622. The van der Waals surface area contributed by atoms with Crippen molar-refractivity contribution in [2.24, 2.45) is 5.73 Å². The van der Waals surface area contributed by atoms with E-state index in [1.54, 1.807) is 23.1 Å². The zero-order valence-corrected chi connectivity index (χ0v) is 11.4. The maximum absolute atomic E-state index is 5.58. The van der Waals surface area contributed by atoms with Crippen molar-refractivity contribution in [1.29, 1.82) is 0 Å². The van der Waals surface area contributed by atoms with Gasteiger partial charge in [-0.25, -0.2) is 0 Å². The molecule has 0 saturated carbocycles. The summed E-state index contributed by atoms with van der Waals surface area (Å²) < 4.78 is 2.08. The summed E-state index contributed by atoms with van der Waals surface area (Å²) >= 11 is 3.49. The summed E-state index contributed by atoms with van der Waals surface area (Å²) in [5.41, 5.74) is 6.97. The predicted octanol–water partition coefficient (Wildman–Crippen LogP) is 1.94. The molecule has 0 atom stereocenters. The van der Waals surface area contributed by atoms with Gasteiger partial charge in [-0.05, 0) is 35.7 Å². The molecule has 0 amide bonds. The summed E-state index contributed by atoms with van der Waals surface area (Å²) in [7, 11) is 0. The van der Waals surface area contributed by atoms with Crippen molar-refractivity contribution in [3.8, 4) is 0 Å². The van der Waals surface area contributed by atoms with Crippen LogP contribution in [-0.2, 0) is 13.0 Å². The Balaban J connectivity index is 1.90. The Morgan fingerprint density at radius 1 is 1.47 bits per heavy atom. The van der Waals surface area contributed by atoms with Crippen molar-refractivity contribution in [3.63, 3.8) is 0 Å². The number of hydrogen-bond acceptors (Lipinski definition) is 5. The highest BCUT2D eigenvalue weighted by molar-refractivity contribution is 7.99. The van der Waals surface area contributed by atoms with Gasteiger partial charge in [-0.15, -0.1) is 10.2 Å².